The molecular weight excluding hydrogens is 459 g/mol. The van der Waals surface area contributed by atoms with Crippen LogP contribution in [0.5, 0.6) is 0 Å². The van der Waals surface area contributed by atoms with Crippen molar-refractivity contribution in [2.45, 2.75) is 19.4 Å². The molecule has 5 rings (SSSR count). The third kappa shape index (κ3) is 4.86. The first-order valence-electron chi connectivity index (χ1n) is 11.7. The molecule has 0 saturated carbocycles. The van der Waals surface area contributed by atoms with Crippen molar-refractivity contribution < 1.29 is 14.0 Å². The van der Waals surface area contributed by atoms with Gasteiger partial charge in [-0.05, 0) is 54.4 Å². The van der Waals surface area contributed by atoms with Gasteiger partial charge < -0.3 is 15.1 Å². The van der Waals surface area contributed by atoms with Gasteiger partial charge in [-0.15, -0.1) is 0 Å². The van der Waals surface area contributed by atoms with Crippen molar-refractivity contribution in [1.82, 2.24) is 19.9 Å². The highest BCUT2D eigenvalue weighted by molar-refractivity contribution is 6.02. The van der Waals surface area contributed by atoms with Gasteiger partial charge in [-0.3, -0.25) is 9.59 Å². The average Bonchev–Trinajstić information content (AvgIpc) is 3.39. The third-order valence-corrected chi connectivity index (χ3v) is 6.50. The molecule has 9 heteroatoms. The molecule has 2 aromatic heterocycles. The highest BCUT2D eigenvalue weighted by Crippen LogP contribution is 2.25. The van der Waals surface area contributed by atoms with Crippen LogP contribution in [0, 0.1) is 5.82 Å². The minimum Gasteiger partial charge on any atom is -0.354 e. The van der Waals surface area contributed by atoms with Gasteiger partial charge in [-0.2, -0.15) is 0 Å². The number of carbonyl (C=O) groups is 2. The first kappa shape index (κ1) is 23.3. The Hall–Kier alpha value is -4.40. The Bertz CT molecular complexity index is 1420. The Morgan fingerprint density at radius 3 is 2.50 bits per heavy atom. The number of nitrogens with zero attached hydrogens (tertiary/aromatic N) is 5. The maximum absolute atomic E-state index is 13.1. The maximum Gasteiger partial charge on any atom is 0.293 e. The van der Waals surface area contributed by atoms with Crippen LogP contribution in [0.3, 0.4) is 0 Å². The lowest BCUT2D eigenvalue weighted by molar-refractivity contribution is -0.129. The predicted molar refractivity (Wildman–Crippen MR) is 136 cm³/mol. The van der Waals surface area contributed by atoms with E-state index in [1.165, 1.54) is 24.5 Å². The largest absolute Gasteiger partial charge is 0.354 e. The van der Waals surface area contributed by atoms with Crippen molar-refractivity contribution in [3.8, 4) is 11.1 Å². The molecule has 0 radical (unpaired) electrons. The molecule has 1 atom stereocenters. The lowest BCUT2D eigenvalue weighted by atomic mass is 10.1. The fourth-order valence-corrected chi connectivity index (χ4v) is 4.32. The number of amides is 2. The van der Waals surface area contributed by atoms with Gasteiger partial charge >= 0.3 is 0 Å². The van der Waals surface area contributed by atoms with E-state index in [1.54, 1.807) is 30.0 Å². The second-order valence-corrected chi connectivity index (χ2v) is 8.85. The van der Waals surface area contributed by atoms with Crippen LogP contribution in [-0.2, 0) is 4.79 Å². The summed E-state index contributed by atoms with van der Waals surface area (Å²) < 4.78 is 13.1. The van der Waals surface area contributed by atoms with Crippen LogP contribution in [-0.4, -0.2) is 57.8 Å². The van der Waals surface area contributed by atoms with Crippen LogP contribution in [0.1, 0.15) is 24.0 Å². The topological polar surface area (TPSA) is 91.3 Å². The summed E-state index contributed by atoms with van der Waals surface area (Å²) in [7, 11) is 1.84. The number of pyridine rings is 1. The standard InChI is InChI=1S/C27H25FN6O2/c1-17(35)33(2)23-11-12-34(16-23)25-10-5-19-13-22(8-9-24(19)32-25)31-27(36)26-29-14-20(15-30-26)18-3-6-21(28)7-4-18/h3-10,13-15,23H,11-12,16H2,1-2H3,(H,31,36). The van der Waals surface area contributed by atoms with E-state index >= 15 is 0 Å². The Balaban J connectivity index is 1.26. The molecule has 3 heterocycles. The molecule has 182 valence electrons. The van der Waals surface area contributed by atoms with Gasteiger partial charge in [0.2, 0.25) is 11.7 Å². The lowest BCUT2D eigenvalue weighted by Crippen LogP contribution is -2.37. The van der Waals surface area contributed by atoms with Crippen molar-refractivity contribution in [3.05, 3.63) is 78.6 Å². The minimum atomic E-state index is -0.428. The molecule has 1 aliphatic rings. The lowest BCUT2D eigenvalue weighted by Gasteiger charge is -2.24. The molecule has 1 N–H and O–H groups in total. The van der Waals surface area contributed by atoms with Gasteiger partial charge in [0.05, 0.1) is 11.6 Å². The molecule has 4 aromatic rings. The molecular formula is C27H25FN6O2. The van der Waals surface area contributed by atoms with E-state index in [-0.39, 0.29) is 23.6 Å². The maximum atomic E-state index is 13.1. The average molecular weight is 485 g/mol. The van der Waals surface area contributed by atoms with Gasteiger partial charge in [0.15, 0.2) is 0 Å². The molecule has 1 unspecified atom stereocenters. The number of likely N-dealkylation sites (N-methyl/N-ethyl adjacent to an activating group) is 1. The van der Waals surface area contributed by atoms with Gasteiger partial charge in [-0.1, -0.05) is 12.1 Å². The molecule has 2 aromatic carbocycles. The van der Waals surface area contributed by atoms with Gasteiger partial charge in [0.25, 0.3) is 5.91 Å². The summed E-state index contributed by atoms with van der Waals surface area (Å²) in [6, 6.07) is 15.6. The quantitative estimate of drug-likeness (QED) is 0.458. The minimum absolute atomic E-state index is 0.0357. The molecule has 36 heavy (non-hydrogen) atoms. The Kier molecular flexibility index (Phi) is 6.28. The van der Waals surface area contributed by atoms with E-state index in [9.17, 15) is 14.0 Å². The SMILES string of the molecule is CC(=O)N(C)C1CCN(c2ccc3cc(NC(=O)c4ncc(-c5ccc(F)cc5)cn4)ccc3n2)C1. The molecule has 1 saturated heterocycles. The summed E-state index contributed by atoms with van der Waals surface area (Å²) >= 11 is 0. The van der Waals surface area contributed by atoms with Crippen LogP contribution in [0.15, 0.2) is 67.0 Å². The zero-order valence-electron chi connectivity index (χ0n) is 20.0. The summed E-state index contributed by atoms with van der Waals surface area (Å²) in [4.78, 5) is 41.4. The third-order valence-electron chi connectivity index (χ3n) is 6.50. The summed E-state index contributed by atoms with van der Waals surface area (Å²) in [6.45, 7) is 3.18. The fourth-order valence-electron chi connectivity index (χ4n) is 4.32. The van der Waals surface area contributed by atoms with Crippen LogP contribution in [0.4, 0.5) is 15.9 Å². The van der Waals surface area contributed by atoms with Crippen molar-refractivity contribution in [3.63, 3.8) is 0 Å². The van der Waals surface area contributed by atoms with Crippen LogP contribution >= 0.6 is 0 Å². The molecule has 2 amide bonds. The van der Waals surface area contributed by atoms with Crippen molar-refractivity contribution in [2.75, 3.05) is 30.4 Å². The number of nitrogens with one attached hydrogen (secondary N) is 1. The van der Waals surface area contributed by atoms with E-state index in [0.717, 1.165) is 41.8 Å². The second-order valence-electron chi connectivity index (χ2n) is 8.85. The van der Waals surface area contributed by atoms with Crippen LogP contribution < -0.4 is 10.2 Å². The number of hydrogen-bond acceptors (Lipinski definition) is 6. The highest BCUT2D eigenvalue weighted by Gasteiger charge is 2.27. The van der Waals surface area contributed by atoms with Crippen molar-refractivity contribution in [1.29, 1.82) is 0 Å². The summed E-state index contributed by atoms with van der Waals surface area (Å²) in [5.41, 5.74) is 2.88. The molecule has 0 bridgehead atoms. The van der Waals surface area contributed by atoms with E-state index in [4.69, 9.17) is 4.98 Å². The van der Waals surface area contributed by atoms with E-state index < -0.39 is 5.91 Å². The summed E-state index contributed by atoms with van der Waals surface area (Å²) in [6.07, 6.45) is 3.99. The molecule has 1 fully saturated rings. The number of aromatic nitrogens is 3. The van der Waals surface area contributed by atoms with E-state index in [1.807, 2.05) is 31.3 Å². The predicted octanol–water partition coefficient (Wildman–Crippen LogP) is 4.14. The smallest absolute Gasteiger partial charge is 0.293 e. The summed E-state index contributed by atoms with van der Waals surface area (Å²) in [5.74, 6) is 0.223. The fraction of sp³-hybridized carbons (Fsp3) is 0.222. The molecule has 1 aliphatic heterocycles. The number of hydrogen-bond donors (Lipinski definition) is 1. The highest BCUT2D eigenvalue weighted by atomic mass is 19.1. The number of carbonyl (C=O) groups excluding carboxylic acids is 2. The van der Waals surface area contributed by atoms with Gasteiger partial charge in [0.1, 0.15) is 11.6 Å². The normalized spacial score (nSPS) is 15.2. The van der Waals surface area contributed by atoms with Gasteiger partial charge in [0, 0.05) is 56.1 Å². The number of rotatable bonds is 5. The molecule has 8 nitrogen and oxygen atoms in total. The molecule has 0 aliphatic carbocycles. The number of fused-ring (bicyclic) bond motifs is 1. The molecule has 0 spiro atoms. The Labute approximate surface area is 207 Å². The number of benzene rings is 2. The first-order valence-corrected chi connectivity index (χ1v) is 11.7. The van der Waals surface area contributed by atoms with Gasteiger partial charge in [-0.25, -0.2) is 19.3 Å². The zero-order valence-corrected chi connectivity index (χ0v) is 20.0. The number of halogens is 1. The second kappa shape index (κ2) is 9.69. The first-order chi connectivity index (χ1) is 17.4. The Morgan fingerprint density at radius 2 is 1.78 bits per heavy atom. The Morgan fingerprint density at radius 1 is 1.03 bits per heavy atom. The van der Waals surface area contributed by atoms with Crippen LogP contribution in [0.25, 0.3) is 22.0 Å². The number of anilines is 2. The zero-order chi connectivity index (χ0) is 25.2. The van der Waals surface area contributed by atoms with Crippen LogP contribution in [0.2, 0.25) is 0 Å². The van der Waals surface area contributed by atoms with Crippen molar-refractivity contribution >= 4 is 34.2 Å². The van der Waals surface area contributed by atoms with E-state index in [2.05, 4.69) is 20.2 Å². The summed E-state index contributed by atoms with van der Waals surface area (Å²) in [5, 5.41) is 3.72. The van der Waals surface area contributed by atoms with Crippen molar-refractivity contribution in [2.24, 2.45) is 0 Å². The monoisotopic (exact) mass is 484 g/mol. The van der Waals surface area contributed by atoms with E-state index in [0.29, 0.717) is 11.3 Å².